The van der Waals surface area contributed by atoms with Gasteiger partial charge < -0.3 is 10.1 Å². The van der Waals surface area contributed by atoms with Crippen LogP contribution < -0.4 is 14.8 Å². The van der Waals surface area contributed by atoms with Gasteiger partial charge in [0.2, 0.25) is 10.0 Å². The standard InChI is InChI=1S/C19H22N2O6S2/c1-27-17-6-2-14(3-7-17)12-20-19(22)15-4-8-18(9-5-15)29(25,26)21-16-10-11-28(23,24)13-16/h2-9,16,21H,10-13H2,1H3,(H,20,22)/t16-/m1/s1. The molecule has 1 fully saturated rings. The zero-order valence-electron chi connectivity index (χ0n) is 15.8. The lowest BCUT2D eigenvalue weighted by molar-refractivity contribution is 0.0951. The average molecular weight is 439 g/mol. The maximum absolute atomic E-state index is 12.4. The van der Waals surface area contributed by atoms with Gasteiger partial charge in [-0.2, -0.15) is 0 Å². The monoisotopic (exact) mass is 438 g/mol. The number of carbonyl (C=O) groups excluding carboxylic acids is 1. The van der Waals surface area contributed by atoms with Gasteiger partial charge in [-0.25, -0.2) is 21.6 Å². The van der Waals surface area contributed by atoms with Crippen LogP contribution in [0.15, 0.2) is 53.4 Å². The maximum atomic E-state index is 12.4. The number of sulfone groups is 1. The van der Waals surface area contributed by atoms with E-state index in [0.29, 0.717) is 12.1 Å². The smallest absolute Gasteiger partial charge is 0.251 e. The van der Waals surface area contributed by atoms with Crippen molar-refractivity contribution in [3.8, 4) is 5.75 Å². The minimum Gasteiger partial charge on any atom is -0.497 e. The van der Waals surface area contributed by atoms with E-state index in [4.69, 9.17) is 4.74 Å². The molecule has 156 valence electrons. The predicted molar refractivity (Wildman–Crippen MR) is 108 cm³/mol. The average Bonchev–Trinajstić information content (AvgIpc) is 3.04. The van der Waals surface area contributed by atoms with Gasteiger partial charge in [0.15, 0.2) is 9.84 Å². The van der Waals surface area contributed by atoms with Gasteiger partial charge >= 0.3 is 0 Å². The van der Waals surface area contributed by atoms with Crippen molar-refractivity contribution in [2.24, 2.45) is 0 Å². The van der Waals surface area contributed by atoms with Gasteiger partial charge in [-0.1, -0.05) is 12.1 Å². The molecule has 29 heavy (non-hydrogen) atoms. The highest BCUT2D eigenvalue weighted by molar-refractivity contribution is 7.92. The first kappa shape index (κ1) is 21.3. The van der Waals surface area contributed by atoms with Gasteiger partial charge in [0.05, 0.1) is 23.5 Å². The normalized spacial score (nSPS) is 18.3. The van der Waals surface area contributed by atoms with Crippen LogP contribution in [0, 0.1) is 0 Å². The van der Waals surface area contributed by atoms with Crippen molar-refractivity contribution in [1.82, 2.24) is 10.0 Å². The highest BCUT2D eigenvalue weighted by Gasteiger charge is 2.31. The largest absolute Gasteiger partial charge is 0.497 e. The zero-order valence-corrected chi connectivity index (χ0v) is 17.4. The Labute approximate surface area is 170 Å². The first-order valence-corrected chi connectivity index (χ1v) is 12.2. The SMILES string of the molecule is COc1ccc(CNC(=O)c2ccc(S(=O)(=O)N[C@@H]3CCS(=O)(=O)C3)cc2)cc1. The minimum atomic E-state index is -3.86. The number of rotatable bonds is 7. The molecule has 2 aromatic carbocycles. The van der Waals surface area contributed by atoms with Crippen LogP contribution >= 0.6 is 0 Å². The number of carbonyl (C=O) groups is 1. The van der Waals surface area contributed by atoms with Crippen LogP contribution in [0.1, 0.15) is 22.3 Å². The van der Waals surface area contributed by atoms with Crippen molar-refractivity contribution >= 4 is 25.8 Å². The number of hydrogen-bond donors (Lipinski definition) is 2. The van der Waals surface area contributed by atoms with Crippen molar-refractivity contribution in [2.45, 2.75) is 23.9 Å². The van der Waals surface area contributed by atoms with Gasteiger partial charge in [-0.05, 0) is 48.4 Å². The number of benzene rings is 2. The number of hydrogen-bond acceptors (Lipinski definition) is 6. The fourth-order valence-electron chi connectivity index (χ4n) is 2.99. The fraction of sp³-hybridized carbons (Fsp3) is 0.316. The Morgan fingerprint density at radius 2 is 1.76 bits per heavy atom. The third kappa shape index (κ3) is 5.55. The van der Waals surface area contributed by atoms with E-state index in [1.807, 2.05) is 12.1 Å². The highest BCUT2D eigenvalue weighted by Crippen LogP contribution is 2.17. The summed E-state index contributed by atoms with van der Waals surface area (Å²) >= 11 is 0. The summed E-state index contributed by atoms with van der Waals surface area (Å²) in [4.78, 5) is 12.3. The number of sulfonamides is 1. The summed E-state index contributed by atoms with van der Waals surface area (Å²) in [6.07, 6.45) is 0.257. The fourth-order valence-corrected chi connectivity index (χ4v) is 6.04. The van der Waals surface area contributed by atoms with Crippen LogP contribution in [-0.4, -0.2) is 47.4 Å². The van der Waals surface area contributed by atoms with E-state index in [2.05, 4.69) is 10.0 Å². The third-order valence-electron chi connectivity index (χ3n) is 4.59. The Hall–Kier alpha value is -2.43. The number of ether oxygens (including phenoxy) is 1. The highest BCUT2D eigenvalue weighted by atomic mass is 32.2. The molecule has 1 aliphatic rings. The molecule has 1 atom stereocenters. The Bertz CT molecular complexity index is 1080. The molecular weight excluding hydrogens is 416 g/mol. The first-order valence-electron chi connectivity index (χ1n) is 8.92. The molecular formula is C19H22N2O6S2. The topological polar surface area (TPSA) is 119 Å². The zero-order chi connectivity index (χ0) is 21.1. The van der Waals surface area contributed by atoms with Gasteiger partial charge in [0.1, 0.15) is 5.75 Å². The van der Waals surface area contributed by atoms with Gasteiger partial charge in [0.25, 0.3) is 5.91 Å². The van der Waals surface area contributed by atoms with Crippen LogP contribution in [0.5, 0.6) is 5.75 Å². The number of methoxy groups -OCH3 is 1. The molecule has 1 amide bonds. The van der Waals surface area contributed by atoms with Crippen molar-refractivity contribution < 1.29 is 26.4 Å². The number of amides is 1. The van der Waals surface area contributed by atoms with Crippen LogP contribution in [0.3, 0.4) is 0 Å². The molecule has 0 bridgehead atoms. The van der Waals surface area contributed by atoms with E-state index in [1.165, 1.54) is 24.3 Å². The van der Waals surface area contributed by atoms with Crippen molar-refractivity contribution in [3.63, 3.8) is 0 Å². The lowest BCUT2D eigenvalue weighted by Crippen LogP contribution is -2.35. The summed E-state index contributed by atoms with van der Waals surface area (Å²) in [5.41, 5.74) is 1.22. The molecule has 1 saturated heterocycles. The molecule has 2 N–H and O–H groups in total. The van der Waals surface area contributed by atoms with Crippen LogP contribution in [0.25, 0.3) is 0 Å². The molecule has 0 aromatic heterocycles. The predicted octanol–water partition coefficient (Wildman–Crippen LogP) is 1.09. The van der Waals surface area contributed by atoms with E-state index >= 15 is 0 Å². The summed E-state index contributed by atoms with van der Waals surface area (Å²) in [5.74, 6) is 0.172. The van der Waals surface area contributed by atoms with Crippen LogP contribution in [0.4, 0.5) is 0 Å². The molecule has 8 nitrogen and oxygen atoms in total. The summed E-state index contributed by atoms with van der Waals surface area (Å²) in [5, 5.41) is 2.77. The Balaban J connectivity index is 1.60. The Morgan fingerprint density at radius 3 is 2.31 bits per heavy atom. The molecule has 0 unspecified atom stereocenters. The molecule has 0 radical (unpaired) electrons. The maximum Gasteiger partial charge on any atom is 0.251 e. The van der Waals surface area contributed by atoms with Crippen molar-refractivity contribution in [3.05, 3.63) is 59.7 Å². The Kier molecular flexibility index (Phi) is 6.25. The van der Waals surface area contributed by atoms with Gasteiger partial charge in [0, 0.05) is 18.2 Å². The van der Waals surface area contributed by atoms with Gasteiger partial charge in [-0.3, -0.25) is 4.79 Å². The van der Waals surface area contributed by atoms with E-state index in [0.717, 1.165) is 11.3 Å². The first-order chi connectivity index (χ1) is 13.7. The second-order valence-corrected chi connectivity index (χ2v) is 10.7. The van der Waals surface area contributed by atoms with Crippen molar-refractivity contribution in [2.75, 3.05) is 18.6 Å². The summed E-state index contributed by atoms with van der Waals surface area (Å²) in [7, 11) is -5.47. The molecule has 2 aromatic rings. The van der Waals surface area contributed by atoms with Gasteiger partial charge in [-0.15, -0.1) is 0 Å². The Morgan fingerprint density at radius 1 is 1.10 bits per heavy atom. The molecule has 1 aliphatic heterocycles. The molecule has 1 heterocycles. The second-order valence-electron chi connectivity index (χ2n) is 6.78. The lowest BCUT2D eigenvalue weighted by Gasteiger charge is -2.12. The van der Waals surface area contributed by atoms with E-state index in [-0.39, 0.29) is 28.7 Å². The van der Waals surface area contributed by atoms with Crippen LogP contribution in [0.2, 0.25) is 0 Å². The molecule has 0 aliphatic carbocycles. The molecule has 0 spiro atoms. The van der Waals surface area contributed by atoms with E-state index < -0.39 is 25.9 Å². The second kappa shape index (κ2) is 8.52. The van der Waals surface area contributed by atoms with E-state index in [9.17, 15) is 21.6 Å². The quantitative estimate of drug-likeness (QED) is 0.668. The number of nitrogens with one attached hydrogen (secondary N) is 2. The summed E-state index contributed by atoms with van der Waals surface area (Å²) < 4.78 is 55.3. The van der Waals surface area contributed by atoms with Crippen molar-refractivity contribution in [1.29, 1.82) is 0 Å². The van der Waals surface area contributed by atoms with E-state index in [1.54, 1.807) is 19.2 Å². The summed E-state index contributed by atoms with van der Waals surface area (Å²) in [6.45, 7) is 0.320. The summed E-state index contributed by atoms with van der Waals surface area (Å²) in [6, 6.07) is 12.1. The molecule has 10 heteroatoms. The third-order valence-corrected chi connectivity index (χ3v) is 7.90. The minimum absolute atomic E-state index is 0.0199. The molecule has 3 rings (SSSR count). The lowest BCUT2D eigenvalue weighted by atomic mass is 10.2. The molecule has 0 saturated carbocycles. The van der Waals surface area contributed by atoms with Crippen LogP contribution in [-0.2, 0) is 26.4 Å².